The third kappa shape index (κ3) is 3.22. The lowest BCUT2D eigenvalue weighted by Crippen LogP contribution is -2.30. The molecule has 19 heavy (non-hydrogen) atoms. The van der Waals surface area contributed by atoms with Crippen LogP contribution >= 0.6 is 15.9 Å². The van der Waals surface area contributed by atoms with E-state index in [0.29, 0.717) is 12.3 Å². The molecule has 0 saturated carbocycles. The van der Waals surface area contributed by atoms with Crippen molar-refractivity contribution in [2.45, 2.75) is 31.9 Å². The average molecular weight is 333 g/mol. The summed E-state index contributed by atoms with van der Waals surface area (Å²) in [4.78, 5) is 10.3. The van der Waals surface area contributed by atoms with E-state index in [9.17, 15) is 14.5 Å². The Bertz CT molecular complexity index is 492. The highest BCUT2D eigenvalue weighted by Crippen LogP contribution is 2.32. The normalized spacial score (nSPS) is 20.3. The fraction of sp³-hybridized carbons (Fsp3) is 0.500. The first-order valence-corrected chi connectivity index (χ1v) is 6.80. The van der Waals surface area contributed by atoms with Crippen molar-refractivity contribution < 1.29 is 14.1 Å². The van der Waals surface area contributed by atoms with Gasteiger partial charge in [0.25, 0.3) is 5.69 Å². The van der Waals surface area contributed by atoms with E-state index < -0.39 is 10.7 Å². The number of nitrogens with one attached hydrogen (secondary N) is 1. The van der Waals surface area contributed by atoms with Crippen LogP contribution in [0.1, 0.15) is 19.8 Å². The lowest BCUT2D eigenvalue weighted by atomic mass is 10.1. The minimum absolute atomic E-state index is 0.0310. The fourth-order valence-corrected chi connectivity index (χ4v) is 2.48. The molecule has 2 atom stereocenters. The molecule has 1 aromatic rings. The number of halogens is 2. The van der Waals surface area contributed by atoms with Gasteiger partial charge in [-0.2, -0.15) is 0 Å². The molecule has 1 N–H and O–H groups in total. The second kappa shape index (κ2) is 5.83. The molecular weight excluding hydrogens is 319 g/mol. The largest absolute Gasteiger partial charge is 0.376 e. The molecular formula is C12H14BrFN2O3. The van der Waals surface area contributed by atoms with Crippen LogP contribution in [0, 0.1) is 15.9 Å². The number of ether oxygens (including phenoxy) is 1. The van der Waals surface area contributed by atoms with Crippen molar-refractivity contribution in [3.05, 3.63) is 32.5 Å². The van der Waals surface area contributed by atoms with E-state index in [1.54, 1.807) is 0 Å². The quantitative estimate of drug-likeness (QED) is 0.677. The molecule has 0 bridgehead atoms. The summed E-state index contributed by atoms with van der Waals surface area (Å²) >= 11 is 3.03. The average Bonchev–Trinajstić information content (AvgIpc) is 2.86. The number of benzene rings is 1. The molecule has 1 fully saturated rings. The van der Waals surface area contributed by atoms with E-state index in [2.05, 4.69) is 21.2 Å². The lowest BCUT2D eigenvalue weighted by molar-refractivity contribution is -0.384. The van der Waals surface area contributed by atoms with Gasteiger partial charge in [-0.15, -0.1) is 0 Å². The molecule has 1 heterocycles. The minimum atomic E-state index is -0.651. The Balaban J connectivity index is 2.22. The number of anilines is 1. The Labute approximate surface area is 118 Å². The van der Waals surface area contributed by atoms with Crippen molar-refractivity contribution in [3.8, 4) is 0 Å². The molecule has 0 spiro atoms. The third-order valence-electron chi connectivity index (χ3n) is 3.14. The Morgan fingerprint density at radius 3 is 2.95 bits per heavy atom. The number of hydrogen-bond donors (Lipinski definition) is 1. The predicted octanol–water partition coefficient (Wildman–Crippen LogP) is 3.48. The summed E-state index contributed by atoms with van der Waals surface area (Å²) in [5.41, 5.74) is 0.0202. The van der Waals surface area contributed by atoms with Gasteiger partial charge in [0.05, 0.1) is 21.6 Å². The van der Waals surface area contributed by atoms with Gasteiger partial charge in [-0.3, -0.25) is 10.1 Å². The number of rotatable bonds is 4. The van der Waals surface area contributed by atoms with Crippen LogP contribution in [0.2, 0.25) is 0 Å². The highest BCUT2D eigenvalue weighted by molar-refractivity contribution is 9.10. The first-order valence-electron chi connectivity index (χ1n) is 6.00. The third-order valence-corrected chi connectivity index (χ3v) is 3.75. The van der Waals surface area contributed by atoms with Crippen LogP contribution in [0.3, 0.4) is 0 Å². The van der Waals surface area contributed by atoms with E-state index in [0.717, 1.165) is 18.9 Å². The van der Waals surface area contributed by atoms with Crippen LogP contribution in [-0.2, 0) is 4.74 Å². The van der Waals surface area contributed by atoms with Crippen molar-refractivity contribution in [2.75, 3.05) is 11.9 Å². The number of nitrogens with zero attached hydrogens (tertiary/aromatic N) is 1. The van der Waals surface area contributed by atoms with Crippen molar-refractivity contribution >= 4 is 27.3 Å². The van der Waals surface area contributed by atoms with Crippen molar-refractivity contribution in [1.29, 1.82) is 0 Å². The molecule has 0 aliphatic carbocycles. The van der Waals surface area contributed by atoms with Gasteiger partial charge in [-0.1, -0.05) is 0 Å². The molecule has 2 rings (SSSR count). The molecule has 1 aliphatic heterocycles. The molecule has 0 radical (unpaired) electrons. The van der Waals surface area contributed by atoms with Crippen LogP contribution in [0.4, 0.5) is 15.8 Å². The predicted molar refractivity (Wildman–Crippen MR) is 72.8 cm³/mol. The Morgan fingerprint density at radius 1 is 1.63 bits per heavy atom. The summed E-state index contributed by atoms with van der Waals surface area (Å²) in [5, 5.41) is 14.0. The molecule has 7 heteroatoms. The Morgan fingerprint density at radius 2 is 2.37 bits per heavy atom. The maximum absolute atomic E-state index is 13.4. The van der Waals surface area contributed by atoms with Crippen molar-refractivity contribution in [2.24, 2.45) is 0 Å². The smallest absolute Gasteiger partial charge is 0.295 e. The number of nitro groups is 1. The molecule has 1 saturated heterocycles. The van der Waals surface area contributed by atoms with Gasteiger partial charge in [0.1, 0.15) is 11.5 Å². The van der Waals surface area contributed by atoms with Crippen LogP contribution in [-0.4, -0.2) is 23.7 Å². The Hall–Kier alpha value is -1.21. The summed E-state index contributed by atoms with van der Waals surface area (Å²) < 4.78 is 19.1. The summed E-state index contributed by atoms with van der Waals surface area (Å²) in [6.45, 7) is 2.61. The van der Waals surface area contributed by atoms with Crippen LogP contribution in [0.25, 0.3) is 0 Å². The van der Waals surface area contributed by atoms with E-state index in [1.165, 1.54) is 6.07 Å². The fourth-order valence-electron chi connectivity index (χ4n) is 2.14. The summed E-state index contributed by atoms with van der Waals surface area (Å²) in [6.07, 6.45) is 1.94. The molecule has 5 nitrogen and oxygen atoms in total. The summed E-state index contributed by atoms with van der Waals surface area (Å²) in [7, 11) is 0. The van der Waals surface area contributed by atoms with Crippen LogP contribution < -0.4 is 5.32 Å². The van der Waals surface area contributed by atoms with Crippen molar-refractivity contribution in [1.82, 2.24) is 0 Å². The van der Waals surface area contributed by atoms with Crippen molar-refractivity contribution in [3.63, 3.8) is 0 Å². The lowest BCUT2D eigenvalue weighted by Gasteiger charge is -2.21. The highest BCUT2D eigenvalue weighted by atomic mass is 79.9. The van der Waals surface area contributed by atoms with E-state index in [4.69, 9.17) is 4.74 Å². The van der Waals surface area contributed by atoms with Crippen LogP contribution in [0.15, 0.2) is 16.6 Å². The zero-order valence-corrected chi connectivity index (χ0v) is 11.9. The zero-order chi connectivity index (χ0) is 14.0. The first kappa shape index (κ1) is 14.2. The van der Waals surface area contributed by atoms with Gasteiger partial charge >= 0.3 is 0 Å². The van der Waals surface area contributed by atoms with E-state index >= 15 is 0 Å². The molecule has 1 aromatic carbocycles. The number of nitro benzene ring substituents is 1. The summed E-state index contributed by atoms with van der Waals surface area (Å²) in [6, 6.07) is 2.23. The van der Waals surface area contributed by atoms with Gasteiger partial charge < -0.3 is 10.1 Å². The maximum atomic E-state index is 13.4. The monoisotopic (exact) mass is 332 g/mol. The van der Waals surface area contributed by atoms with Gasteiger partial charge in [0.2, 0.25) is 0 Å². The van der Waals surface area contributed by atoms with Gasteiger partial charge in [-0.05, 0) is 41.8 Å². The molecule has 0 aromatic heterocycles. The van der Waals surface area contributed by atoms with Gasteiger partial charge in [0.15, 0.2) is 0 Å². The molecule has 104 valence electrons. The molecule has 1 aliphatic rings. The van der Waals surface area contributed by atoms with Crippen LogP contribution in [0.5, 0.6) is 0 Å². The molecule has 0 amide bonds. The topological polar surface area (TPSA) is 64.4 Å². The van der Waals surface area contributed by atoms with E-state index in [1.807, 2.05) is 6.92 Å². The zero-order valence-electron chi connectivity index (χ0n) is 10.4. The van der Waals surface area contributed by atoms with E-state index in [-0.39, 0.29) is 22.3 Å². The molecule has 2 unspecified atom stereocenters. The first-order chi connectivity index (χ1) is 8.99. The Kier molecular flexibility index (Phi) is 4.36. The second-order valence-corrected chi connectivity index (χ2v) is 5.38. The SMILES string of the molecule is CC(Nc1cc(Br)c(F)cc1[N+](=O)[O-])C1CCCO1. The second-order valence-electron chi connectivity index (χ2n) is 4.53. The maximum Gasteiger partial charge on any atom is 0.295 e. The van der Waals surface area contributed by atoms with Gasteiger partial charge in [-0.25, -0.2) is 4.39 Å². The number of hydrogen-bond acceptors (Lipinski definition) is 4. The minimum Gasteiger partial charge on any atom is -0.376 e. The standard InChI is InChI=1S/C12H14BrFN2O3/c1-7(12-3-2-4-19-12)15-10-5-8(13)9(14)6-11(10)16(17)18/h5-7,12,15H,2-4H2,1H3. The summed E-state index contributed by atoms with van der Waals surface area (Å²) in [5.74, 6) is -0.651. The highest BCUT2D eigenvalue weighted by Gasteiger charge is 2.25. The van der Waals surface area contributed by atoms with Gasteiger partial charge in [0, 0.05) is 12.6 Å².